The van der Waals surface area contributed by atoms with Gasteiger partial charge in [0.2, 0.25) is 10.0 Å². The van der Waals surface area contributed by atoms with Crippen LogP contribution in [-0.4, -0.2) is 60.0 Å². The zero-order chi connectivity index (χ0) is 30.1. The molecule has 6 rings (SSSR count). The molecule has 3 aromatic carbocycles. The number of rotatable bonds is 10. The quantitative estimate of drug-likeness (QED) is 0.220. The Balaban J connectivity index is 1.21. The highest BCUT2D eigenvalue weighted by atomic mass is 32.2. The summed E-state index contributed by atoms with van der Waals surface area (Å²) in [5.74, 6) is 1.78. The van der Waals surface area contributed by atoms with E-state index in [4.69, 9.17) is 14.6 Å². The molecule has 5 aromatic rings. The second-order valence-corrected chi connectivity index (χ2v) is 12.8. The van der Waals surface area contributed by atoms with Crippen molar-refractivity contribution in [3.8, 4) is 17.2 Å². The number of nitrogens with zero attached hydrogens (tertiary/aromatic N) is 5. The molecule has 0 aliphatic carbocycles. The number of ether oxygens (including phenoxy) is 2. The smallest absolute Gasteiger partial charge is 0.221 e. The van der Waals surface area contributed by atoms with E-state index in [-0.39, 0.29) is 18.9 Å². The highest BCUT2D eigenvalue weighted by Gasteiger charge is 2.41. The molecule has 0 N–H and O–H groups in total. The first-order valence-corrected chi connectivity index (χ1v) is 15.4. The summed E-state index contributed by atoms with van der Waals surface area (Å²) in [4.78, 5) is 6.57. The van der Waals surface area contributed by atoms with Gasteiger partial charge in [-0.05, 0) is 66.6 Å². The third-order valence-corrected chi connectivity index (χ3v) is 9.96. The molecule has 43 heavy (non-hydrogen) atoms. The molecule has 0 spiro atoms. The predicted molar refractivity (Wildman–Crippen MR) is 164 cm³/mol. The maximum Gasteiger partial charge on any atom is 0.221 e. The Labute approximate surface area is 250 Å². The summed E-state index contributed by atoms with van der Waals surface area (Å²) in [6.07, 6.45) is 1.76. The highest BCUT2D eigenvalue weighted by molar-refractivity contribution is 7.89. The number of benzene rings is 3. The fraction of sp³-hybridized carbons (Fsp3) is 0.250. The average Bonchev–Trinajstić information content (AvgIpc) is 3.32. The van der Waals surface area contributed by atoms with Crippen molar-refractivity contribution in [2.45, 2.75) is 25.3 Å². The van der Waals surface area contributed by atoms with Crippen LogP contribution in [0, 0.1) is 12.7 Å². The molecule has 1 saturated heterocycles. The molecule has 1 aliphatic heterocycles. The normalized spacial score (nSPS) is 13.8. The second-order valence-electron chi connectivity index (χ2n) is 10.6. The Morgan fingerprint density at radius 1 is 0.884 bits per heavy atom. The molecule has 222 valence electrons. The molecular weight excluding hydrogens is 569 g/mol. The fourth-order valence-electron chi connectivity index (χ4n) is 5.23. The Morgan fingerprint density at radius 3 is 1.98 bits per heavy atom. The number of aryl methyl sites for hydroxylation is 1. The fourth-order valence-corrected chi connectivity index (χ4v) is 7.04. The molecule has 11 heteroatoms. The van der Waals surface area contributed by atoms with Crippen molar-refractivity contribution in [2.24, 2.45) is 0 Å². The molecule has 0 atom stereocenters. The first-order valence-electron chi connectivity index (χ1n) is 13.9. The summed E-state index contributed by atoms with van der Waals surface area (Å²) in [7, 11) is -0.467. The maximum atomic E-state index is 14.0. The van der Waals surface area contributed by atoms with Gasteiger partial charge in [-0.2, -0.15) is 9.40 Å². The minimum absolute atomic E-state index is 0.235. The number of hydrogen-bond donors (Lipinski definition) is 0. The molecular formula is C32H32FN5O4S. The van der Waals surface area contributed by atoms with Crippen LogP contribution in [0.2, 0.25) is 0 Å². The Hall–Kier alpha value is -4.48. The molecule has 1 aliphatic rings. The second kappa shape index (κ2) is 11.7. The number of halogens is 1. The number of methoxy groups -OCH3 is 2. The molecule has 1 fully saturated rings. The number of anilines is 1. The van der Waals surface area contributed by atoms with Gasteiger partial charge in [-0.25, -0.2) is 22.5 Å². The van der Waals surface area contributed by atoms with Crippen LogP contribution in [0.5, 0.6) is 11.5 Å². The minimum atomic E-state index is -3.67. The number of fused-ring (bicyclic) bond motifs is 1. The van der Waals surface area contributed by atoms with Gasteiger partial charge in [-0.15, -0.1) is 0 Å². The van der Waals surface area contributed by atoms with Gasteiger partial charge in [-0.3, -0.25) is 0 Å². The van der Waals surface area contributed by atoms with Gasteiger partial charge in [0.1, 0.15) is 28.4 Å². The van der Waals surface area contributed by atoms with Crippen LogP contribution in [0.25, 0.3) is 16.6 Å². The zero-order valence-corrected chi connectivity index (χ0v) is 25.0. The van der Waals surface area contributed by atoms with Gasteiger partial charge in [0.15, 0.2) is 0 Å². The largest absolute Gasteiger partial charge is 0.497 e. The summed E-state index contributed by atoms with van der Waals surface area (Å²) < 4.78 is 55.2. The number of sulfonamides is 1. The Kier molecular flexibility index (Phi) is 7.76. The summed E-state index contributed by atoms with van der Waals surface area (Å²) in [6.45, 7) is 3.05. The van der Waals surface area contributed by atoms with E-state index < -0.39 is 15.3 Å². The molecule has 0 unspecified atom stereocenters. The van der Waals surface area contributed by atoms with E-state index in [9.17, 15) is 12.8 Å². The molecule has 3 heterocycles. The molecule has 0 bridgehead atoms. The number of aromatic nitrogens is 3. The van der Waals surface area contributed by atoms with E-state index in [2.05, 4.69) is 4.98 Å². The van der Waals surface area contributed by atoms with E-state index >= 15 is 0 Å². The van der Waals surface area contributed by atoms with Crippen molar-refractivity contribution in [3.05, 3.63) is 108 Å². The van der Waals surface area contributed by atoms with E-state index in [0.717, 1.165) is 33.4 Å². The maximum absolute atomic E-state index is 14.0. The SMILES string of the molecule is COc1ccc(CN(Cc2ccc(OC)cc2)S(=O)(=O)C2CN(c3cc4nn(-c5ccc(F)cc5)c(C)c4cn3)C2)cc1. The molecule has 9 nitrogen and oxygen atoms in total. The topological polar surface area (TPSA) is 89.8 Å². The zero-order valence-electron chi connectivity index (χ0n) is 24.1. The van der Waals surface area contributed by atoms with Crippen molar-refractivity contribution >= 4 is 26.7 Å². The lowest BCUT2D eigenvalue weighted by Crippen LogP contribution is -2.58. The van der Waals surface area contributed by atoms with E-state index in [1.807, 2.05) is 66.4 Å². The number of hydrogen-bond acceptors (Lipinski definition) is 7. The summed E-state index contributed by atoms with van der Waals surface area (Å²) in [5.41, 5.74) is 4.11. The van der Waals surface area contributed by atoms with Crippen LogP contribution < -0.4 is 14.4 Å². The third kappa shape index (κ3) is 5.78. The average molecular weight is 602 g/mol. The van der Waals surface area contributed by atoms with Crippen LogP contribution in [-0.2, 0) is 23.1 Å². The molecule has 0 radical (unpaired) electrons. The molecule has 0 saturated carbocycles. The molecule has 2 aromatic heterocycles. The number of pyridine rings is 1. The van der Waals surface area contributed by atoms with Crippen LogP contribution in [0.3, 0.4) is 0 Å². The lowest BCUT2D eigenvalue weighted by Gasteiger charge is -2.41. The van der Waals surface area contributed by atoms with Crippen molar-refractivity contribution < 1.29 is 22.3 Å². The van der Waals surface area contributed by atoms with E-state index in [1.165, 1.54) is 12.1 Å². The van der Waals surface area contributed by atoms with Crippen molar-refractivity contribution in [1.82, 2.24) is 19.1 Å². The Bertz CT molecular complexity index is 1790. The van der Waals surface area contributed by atoms with Crippen LogP contribution in [0.1, 0.15) is 16.8 Å². The lowest BCUT2D eigenvalue weighted by molar-refractivity contribution is 0.383. The van der Waals surface area contributed by atoms with Gasteiger partial charge >= 0.3 is 0 Å². The van der Waals surface area contributed by atoms with Crippen LogP contribution >= 0.6 is 0 Å². The third-order valence-electron chi connectivity index (χ3n) is 7.84. The first-order chi connectivity index (χ1) is 20.7. The van der Waals surface area contributed by atoms with Crippen molar-refractivity contribution in [3.63, 3.8) is 0 Å². The van der Waals surface area contributed by atoms with Gasteiger partial charge in [-0.1, -0.05) is 24.3 Å². The predicted octanol–water partition coefficient (Wildman–Crippen LogP) is 5.11. The van der Waals surface area contributed by atoms with E-state index in [0.29, 0.717) is 30.4 Å². The van der Waals surface area contributed by atoms with Crippen LogP contribution in [0.15, 0.2) is 85.1 Å². The van der Waals surface area contributed by atoms with Crippen molar-refractivity contribution in [1.29, 1.82) is 0 Å². The molecule has 0 amide bonds. The Morgan fingerprint density at radius 2 is 1.44 bits per heavy atom. The van der Waals surface area contributed by atoms with Gasteiger partial charge in [0, 0.05) is 43.8 Å². The summed E-state index contributed by atoms with van der Waals surface area (Å²) >= 11 is 0. The minimum Gasteiger partial charge on any atom is -0.497 e. The van der Waals surface area contributed by atoms with E-state index in [1.54, 1.807) is 41.5 Å². The van der Waals surface area contributed by atoms with Crippen LogP contribution in [0.4, 0.5) is 10.2 Å². The first kappa shape index (κ1) is 28.6. The van der Waals surface area contributed by atoms with Gasteiger partial charge in [0.25, 0.3) is 0 Å². The summed E-state index contributed by atoms with van der Waals surface area (Å²) in [6, 6.07) is 22.9. The summed E-state index contributed by atoms with van der Waals surface area (Å²) in [5, 5.41) is 5.01. The van der Waals surface area contributed by atoms with Crippen molar-refractivity contribution in [2.75, 3.05) is 32.2 Å². The van der Waals surface area contributed by atoms with Gasteiger partial charge < -0.3 is 14.4 Å². The lowest BCUT2D eigenvalue weighted by atomic mass is 10.2. The highest BCUT2D eigenvalue weighted by Crippen LogP contribution is 2.30. The standard InChI is InChI=1S/C32H32FN5O4S/c1-22-30-17-34-32(16-31(30)35-38(22)26-10-8-25(33)9-11-26)36-20-29(21-36)43(39,40)37(18-23-4-12-27(41-2)13-5-23)19-24-6-14-28(42-3)15-7-24/h4-17,29H,18-21H2,1-3H3. The monoisotopic (exact) mass is 601 g/mol. The van der Waals surface area contributed by atoms with Gasteiger partial charge in [0.05, 0.1) is 31.1 Å².